The van der Waals surface area contributed by atoms with Crippen molar-refractivity contribution in [3.8, 4) is 0 Å². The van der Waals surface area contributed by atoms with Gasteiger partial charge in [0.05, 0.1) is 11.4 Å². The van der Waals surface area contributed by atoms with E-state index in [0.29, 0.717) is 17.5 Å². The zero-order valence-electron chi connectivity index (χ0n) is 15.4. The summed E-state index contributed by atoms with van der Waals surface area (Å²) in [6, 6.07) is 14.0. The van der Waals surface area contributed by atoms with Crippen molar-refractivity contribution in [2.24, 2.45) is 0 Å². The Kier molecular flexibility index (Phi) is 5.64. The minimum atomic E-state index is -0.152. The Morgan fingerprint density at radius 1 is 1.21 bits per heavy atom. The molecule has 1 aromatic carbocycles. The number of nitrogens with zero attached hydrogens (tertiary/aromatic N) is 4. The normalized spacial score (nSPS) is 18.1. The quantitative estimate of drug-likeness (QED) is 0.460. The molecule has 0 radical (unpaired) electrons. The fourth-order valence-corrected chi connectivity index (χ4v) is 4.30. The molecule has 1 aliphatic carbocycles. The van der Waals surface area contributed by atoms with Crippen LogP contribution in [0.4, 0.5) is 5.69 Å². The molecule has 6 nitrogen and oxygen atoms in total. The fourth-order valence-electron chi connectivity index (χ4n) is 3.32. The summed E-state index contributed by atoms with van der Waals surface area (Å²) >= 11 is 7.37. The standard InChI is InChI=1S/C20H20ClN5OS/c1-2-26-19(15-11-14(15)13-7-4-3-5-8-13)24-25-20(26)28-12-17(27)23-16-9-6-10-22-18(16)21/h3-10,14-15H,2,11-12H2,1H3,(H,23,27). The van der Waals surface area contributed by atoms with E-state index in [1.165, 1.54) is 17.3 Å². The number of carbonyl (C=O) groups excluding carboxylic acids is 1. The van der Waals surface area contributed by atoms with Gasteiger partial charge in [-0.3, -0.25) is 4.79 Å². The molecule has 4 rings (SSSR count). The van der Waals surface area contributed by atoms with Gasteiger partial charge in [-0.15, -0.1) is 10.2 Å². The maximum Gasteiger partial charge on any atom is 0.234 e. The van der Waals surface area contributed by atoms with Gasteiger partial charge in [-0.05, 0) is 37.0 Å². The average Bonchev–Trinajstić information content (AvgIpc) is 3.41. The molecule has 8 heteroatoms. The number of pyridine rings is 1. The third-order valence-electron chi connectivity index (χ3n) is 4.78. The summed E-state index contributed by atoms with van der Waals surface area (Å²) in [5, 5.41) is 12.6. The van der Waals surface area contributed by atoms with Crippen molar-refractivity contribution in [2.45, 2.75) is 36.9 Å². The first kappa shape index (κ1) is 19.0. The van der Waals surface area contributed by atoms with E-state index in [1.807, 2.05) is 6.07 Å². The number of rotatable bonds is 7. The Hall–Kier alpha value is -2.38. The van der Waals surface area contributed by atoms with Gasteiger partial charge in [-0.1, -0.05) is 53.7 Å². The number of anilines is 1. The highest BCUT2D eigenvalue weighted by molar-refractivity contribution is 7.99. The van der Waals surface area contributed by atoms with Crippen molar-refractivity contribution in [1.82, 2.24) is 19.7 Å². The number of thioether (sulfide) groups is 1. The molecule has 0 spiro atoms. The third-order valence-corrected chi connectivity index (χ3v) is 6.04. The predicted octanol–water partition coefficient (Wildman–Crippen LogP) is 4.35. The van der Waals surface area contributed by atoms with E-state index >= 15 is 0 Å². The summed E-state index contributed by atoms with van der Waals surface area (Å²) in [5.41, 5.74) is 1.86. The van der Waals surface area contributed by atoms with Crippen molar-refractivity contribution < 1.29 is 4.79 Å². The number of halogens is 1. The smallest absolute Gasteiger partial charge is 0.234 e. The Balaban J connectivity index is 1.40. The molecular formula is C20H20ClN5OS. The first-order valence-corrected chi connectivity index (χ1v) is 10.5. The lowest BCUT2D eigenvalue weighted by Gasteiger charge is -2.08. The second-order valence-corrected chi connectivity index (χ2v) is 7.92. The average molecular weight is 414 g/mol. The molecule has 1 aliphatic rings. The van der Waals surface area contributed by atoms with Gasteiger partial charge in [0.15, 0.2) is 10.3 Å². The van der Waals surface area contributed by atoms with E-state index in [1.54, 1.807) is 18.3 Å². The first-order valence-electron chi connectivity index (χ1n) is 9.18. The van der Waals surface area contributed by atoms with E-state index in [0.717, 1.165) is 23.9 Å². The zero-order valence-corrected chi connectivity index (χ0v) is 17.0. The summed E-state index contributed by atoms with van der Waals surface area (Å²) in [6.07, 6.45) is 2.67. The summed E-state index contributed by atoms with van der Waals surface area (Å²) in [7, 11) is 0. The highest BCUT2D eigenvalue weighted by Gasteiger charge is 2.43. The monoisotopic (exact) mass is 413 g/mol. The van der Waals surface area contributed by atoms with Crippen LogP contribution < -0.4 is 5.32 Å². The Bertz CT molecular complexity index is 978. The summed E-state index contributed by atoms with van der Waals surface area (Å²) in [5.74, 6) is 1.99. The largest absolute Gasteiger partial charge is 0.323 e. The molecule has 1 N–H and O–H groups in total. The first-order chi connectivity index (χ1) is 13.7. The van der Waals surface area contributed by atoms with Gasteiger partial charge >= 0.3 is 0 Å². The van der Waals surface area contributed by atoms with Crippen molar-refractivity contribution in [3.05, 3.63) is 65.2 Å². The number of aromatic nitrogens is 4. The van der Waals surface area contributed by atoms with Crippen LogP contribution in [-0.2, 0) is 11.3 Å². The summed E-state index contributed by atoms with van der Waals surface area (Å²) < 4.78 is 2.11. The molecule has 2 unspecified atom stereocenters. The Labute approximate surface area is 172 Å². The van der Waals surface area contributed by atoms with Crippen LogP contribution in [0, 0.1) is 0 Å². The lowest BCUT2D eigenvalue weighted by molar-refractivity contribution is -0.113. The van der Waals surface area contributed by atoms with Crippen molar-refractivity contribution in [2.75, 3.05) is 11.1 Å². The summed E-state index contributed by atoms with van der Waals surface area (Å²) in [4.78, 5) is 16.2. The van der Waals surface area contributed by atoms with Gasteiger partial charge < -0.3 is 9.88 Å². The second-order valence-electron chi connectivity index (χ2n) is 6.62. The van der Waals surface area contributed by atoms with Gasteiger partial charge in [0.1, 0.15) is 5.82 Å². The lowest BCUT2D eigenvalue weighted by atomic mass is 10.1. The molecule has 2 aromatic heterocycles. The molecule has 1 amide bonds. The van der Waals surface area contributed by atoms with Crippen LogP contribution in [0.2, 0.25) is 5.15 Å². The van der Waals surface area contributed by atoms with Crippen LogP contribution in [0.1, 0.15) is 36.6 Å². The van der Waals surface area contributed by atoms with Crippen LogP contribution in [0.5, 0.6) is 0 Å². The van der Waals surface area contributed by atoms with E-state index in [2.05, 4.69) is 56.3 Å². The highest BCUT2D eigenvalue weighted by atomic mass is 35.5. The van der Waals surface area contributed by atoms with Crippen molar-refractivity contribution in [1.29, 1.82) is 0 Å². The van der Waals surface area contributed by atoms with Gasteiger partial charge in [0.2, 0.25) is 5.91 Å². The number of carbonyl (C=O) groups is 1. The van der Waals surface area contributed by atoms with E-state index in [9.17, 15) is 4.79 Å². The number of hydrogen-bond donors (Lipinski definition) is 1. The zero-order chi connectivity index (χ0) is 19.5. The van der Waals surface area contributed by atoms with Crippen molar-refractivity contribution >= 4 is 35.0 Å². The molecule has 2 heterocycles. The number of amides is 1. The minimum Gasteiger partial charge on any atom is -0.323 e. The topological polar surface area (TPSA) is 72.7 Å². The number of nitrogens with one attached hydrogen (secondary N) is 1. The molecule has 3 aromatic rings. The van der Waals surface area contributed by atoms with E-state index in [-0.39, 0.29) is 16.8 Å². The fraction of sp³-hybridized carbons (Fsp3) is 0.300. The van der Waals surface area contributed by atoms with Crippen LogP contribution >= 0.6 is 23.4 Å². The molecule has 1 fully saturated rings. The lowest BCUT2D eigenvalue weighted by Crippen LogP contribution is -2.15. The molecule has 2 atom stereocenters. The maximum atomic E-state index is 12.3. The van der Waals surface area contributed by atoms with E-state index in [4.69, 9.17) is 11.6 Å². The predicted molar refractivity (Wildman–Crippen MR) is 111 cm³/mol. The van der Waals surface area contributed by atoms with Crippen LogP contribution in [0.3, 0.4) is 0 Å². The Morgan fingerprint density at radius 2 is 2.04 bits per heavy atom. The molecule has 28 heavy (non-hydrogen) atoms. The van der Waals surface area contributed by atoms with Crippen LogP contribution in [0.25, 0.3) is 0 Å². The highest BCUT2D eigenvalue weighted by Crippen LogP contribution is 2.54. The molecule has 144 valence electrons. The maximum absolute atomic E-state index is 12.3. The van der Waals surface area contributed by atoms with Gasteiger partial charge in [-0.2, -0.15) is 0 Å². The van der Waals surface area contributed by atoms with Gasteiger partial charge in [0.25, 0.3) is 0 Å². The van der Waals surface area contributed by atoms with Gasteiger partial charge in [-0.25, -0.2) is 4.98 Å². The molecular weight excluding hydrogens is 394 g/mol. The molecule has 0 aliphatic heterocycles. The van der Waals surface area contributed by atoms with Crippen molar-refractivity contribution in [3.63, 3.8) is 0 Å². The summed E-state index contributed by atoms with van der Waals surface area (Å²) in [6.45, 7) is 2.85. The second kappa shape index (κ2) is 8.32. The van der Waals surface area contributed by atoms with Crippen LogP contribution in [-0.4, -0.2) is 31.4 Å². The number of hydrogen-bond acceptors (Lipinski definition) is 5. The molecule has 1 saturated carbocycles. The van der Waals surface area contributed by atoms with Gasteiger partial charge in [0, 0.05) is 18.7 Å². The number of benzene rings is 1. The Morgan fingerprint density at radius 3 is 2.79 bits per heavy atom. The van der Waals surface area contributed by atoms with E-state index < -0.39 is 0 Å². The molecule has 0 bridgehead atoms. The minimum absolute atomic E-state index is 0.152. The third kappa shape index (κ3) is 4.05. The molecule has 0 saturated heterocycles. The SMILES string of the molecule is CCn1c(SCC(=O)Nc2cccnc2Cl)nnc1C1CC1c1ccccc1. The van der Waals surface area contributed by atoms with Crippen LogP contribution in [0.15, 0.2) is 53.8 Å².